The molecule has 0 fully saturated rings. The summed E-state index contributed by atoms with van der Waals surface area (Å²) in [6.07, 6.45) is 1.42. The average molecular weight is 345 g/mol. The molecule has 120 valence electrons. The second kappa shape index (κ2) is 6.49. The fraction of sp³-hybridized carbons (Fsp3) is 0.333. The van der Waals surface area contributed by atoms with Gasteiger partial charge < -0.3 is 5.73 Å². The van der Waals surface area contributed by atoms with Gasteiger partial charge in [0.05, 0.1) is 5.54 Å². The molecule has 0 spiro atoms. The quantitative estimate of drug-likeness (QED) is 0.848. The summed E-state index contributed by atoms with van der Waals surface area (Å²) in [5.41, 5.74) is 7.58. The highest BCUT2D eigenvalue weighted by atomic mass is 32.2. The van der Waals surface area contributed by atoms with E-state index >= 15 is 0 Å². The third-order valence-electron chi connectivity index (χ3n) is 4.10. The zero-order chi connectivity index (χ0) is 16.4. The number of aryl methyl sites for hydroxylation is 1. The topological polar surface area (TPSA) is 55.5 Å². The monoisotopic (exact) mass is 344 g/mol. The molecule has 0 saturated carbocycles. The maximum absolute atomic E-state index is 12.4. The van der Waals surface area contributed by atoms with E-state index in [1.807, 2.05) is 37.3 Å². The number of carbonyl (C=O) groups is 1. The molecule has 3 rings (SSSR count). The minimum absolute atomic E-state index is 0.158. The Labute approximate surface area is 145 Å². The van der Waals surface area contributed by atoms with Crippen LogP contribution in [0, 0.1) is 6.92 Å². The Hall–Kier alpha value is -1.59. The number of Topliss-reactive ketones (excluding diaryl/α,β-unsaturated/α-hetero) is 1. The van der Waals surface area contributed by atoms with Crippen molar-refractivity contribution in [3.8, 4) is 0 Å². The van der Waals surface area contributed by atoms with E-state index in [2.05, 4.69) is 18.0 Å². The number of thioether (sulfide) groups is 1. The Balaban J connectivity index is 1.76. The first-order chi connectivity index (χ1) is 11.0. The first-order valence-corrected chi connectivity index (χ1v) is 9.44. The van der Waals surface area contributed by atoms with Gasteiger partial charge in [-0.05, 0) is 32.4 Å². The molecule has 1 aromatic carbocycles. The van der Waals surface area contributed by atoms with E-state index in [1.165, 1.54) is 10.4 Å². The number of hydrogen-bond acceptors (Lipinski definition) is 5. The number of aliphatic imine (C=N–C) groups is 1. The number of thiophene rings is 1. The van der Waals surface area contributed by atoms with Gasteiger partial charge >= 0.3 is 0 Å². The van der Waals surface area contributed by atoms with Crippen LogP contribution in [0.15, 0.2) is 41.4 Å². The lowest BCUT2D eigenvalue weighted by Crippen LogP contribution is -2.27. The van der Waals surface area contributed by atoms with E-state index in [9.17, 15) is 4.79 Å². The van der Waals surface area contributed by atoms with Crippen LogP contribution in [0.1, 0.15) is 39.0 Å². The van der Waals surface area contributed by atoms with Crippen LogP contribution in [-0.4, -0.2) is 16.7 Å². The Morgan fingerprint density at radius 1 is 1.26 bits per heavy atom. The number of rotatable bonds is 4. The number of hydrogen-bond donors (Lipinski definition) is 1. The van der Waals surface area contributed by atoms with Gasteiger partial charge in [-0.2, -0.15) is 0 Å². The van der Waals surface area contributed by atoms with E-state index in [4.69, 9.17) is 5.73 Å². The van der Waals surface area contributed by atoms with Crippen molar-refractivity contribution in [3.63, 3.8) is 0 Å². The van der Waals surface area contributed by atoms with Crippen molar-refractivity contribution in [3.05, 3.63) is 57.3 Å². The second-order valence-corrected chi connectivity index (χ2v) is 8.34. The lowest BCUT2D eigenvalue weighted by molar-refractivity contribution is 0.0994. The summed E-state index contributed by atoms with van der Waals surface area (Å²) >= 11 is 3.28. The summed E-state index contributed by atoms with van der Waals surface area (Å²) in [5.74, 6) is 1.15. The predicted molar refractivity (Wildman–Crippen MR) is 99.6 cm³/mol. The third-order valence-corrected chi connectivity index (χ3v) is 6.23. The Morgan fingerprint density at radius 2 is 2.00 bits per heavy atom. The number of benzene rings is 1. The summed E-state index contributed by atoms with van der Waals surface area (Å²) in [6, 6.07) is 11.9. The normalized spacial score (nSPS) is 21.0. The minimum Gasteiger partial charge on any atom is -0.379 e. The predicted octanol–water partition coefficient (Wildman–Crippen LogP) is 4.15. The molecule has 1 aliphatic rings. The fourth-order valence-electron chi connectivity index (χ4n) is 2.63. The molecule has 1 aliphatic heterocycles. The summed E-state index contributed by atoms with van der Waals surface area (Å²) in [7, 11) is 0. The van der Waals surface area contributed by atoms with Gasteiger partial charge in [-0.15, -0.1) is 11.3 Å². The number of nitrogens with zero attached hydrogens (tertiary/aromatic N) is 1. The van der Waals surface area contributed by atoms with Gasteiger partial charge in [0, 0.05) is 27.5 Å². The number of ketones is 1. The lowest BCUT2D eigenvalue weighted by atomic mass is 9.97. The van der Waals surface area contributed by atoms with Crippen LogP contribution in [0.25, 0.3) is 0 Å². The van der Waals surface area contributed by atoms with Gasteiger partial charge in [-0.3, -0.25) is 9.79 Å². The molecule has 0 saturated heterocycles. The van der Waals surface area contributed by atoms with Crippen LogP contribution in [-0.2, 0) is 12.0 Å². The molecule has 2 heterocycles. The molecule has 0 radical (unpaired) electrons. The maximum atomic E-state index is 12.4. The molecule has 1 aromatic heterocycles. The summed E-state index contributed by atoms with van der Waals surface area (Å²) < 4.78 is 0. The average Bonchev–Trinajstić information content (AvgIpc) is 2.97. The van der Waals surface area contributed by atoms with Crippen molar-refractivity contribution in [1.29, 1.82) is 0 Å². The summed E-state index contributed by atoms with van der Waals surface area (Å²) in [6.45, 7) is 4.15. The molecule has 3 nitrogen and oxygen atoms in total. The molecule has 2 N–H and O–H groups in total. The van der Waals surface area contributed by atoms with Crippen LogP contribution in [0.2, 0.25) is 0 Å². The molecular formula is C18H20N2OS2. The molecule has 1 unspecified atom stereocenters. The molecule has 23 heavy (non-hydrogen) atoms. The van der Waals surface area contributed by atoms with Crippen molar-refractivity contribution in [2.75, 3.05) is 5.75 Å². The van der Waals surface area contributed by atoms with E-state index in [0.717, 1.165) is 22.6 Å². The zero-order valence-electron chi connectivity index (χ0n) is 13.3. The van der Waals surface area contributed by atoms with Crippen molar-refractivity contribution in [2.24, 2.45) is 10.7 Å². The maximum Gasteiger partial charge on any atom is 0.168 e. The molecule has 0 bridgehead atoms. The molecule has 2 aromatic rings. The highest BCUT2D eigenvalue weighted by molar-refractivity contribution is 8.13. The SMILES string of the molecule is Cc1ccc(C(=O)Cc2ccc(C3(C)CCSC(N)=N3)s2)cc1. The Morgan fingerprint density at radius 3 is 2.70 bits per heavy atom. The number of amidine groups is 1. The molecular weight excluding hydrogens is 324 g/mol. The van der Waals surface area contributed by atoms with Gasteiger partial charge in [0.2, 0.25) is 0 Å². The van der Waals surface area contributed by atoms with Crippen LogP contribution >= 0.6 is 23.1 Å². The number of carbonyl (C=O) groups excluding carboxylic acids is 1. The van der Waals surface area contributed by atoms with Gasteiger partial charge in [-0.25, -0.2) is 0 Å². The lowest BCUT2D eigenvalue weighted by Gasteiger charge is -2.28. The minimum atomic E-state index is -0.245. The smallest absolute Gasteiger partial charge is 0.168 e. The first-order valence-electron chi connectivity index (χ1n) is 7.63. The van der Waals surface area contributed by atoms with E-state index in [1.54, 1.807) is 23.1 Å². The largest absolute Gasteiger partial charge is 0.379 e. The summed E-state index contributed by atoms with van der Waals surface area (Å²) in [5, 5.41) is 0.657. The number of nitrogens with two attached hydrogens (primary N) is 1. The van der Waals surface area contributed by atoms with E-state index < -0.39 is 0 Å². The van der Waals surface area contributed by atoms with Gasteiger partial charge in [0.15, 0.2) is 11.0 Å². The molecule has 0 aliphatic carbocycles. The van der Waals surface area contributed by atoms with Crippen LogP contribution in [0.3, 0.4) is 0 Å². The standard InChI is InChI=1S/C18H20N2OS2/c1-12-3-5-13(6-4-12)15(21)11-14-7-8-16(23-14)18(2)9-10-22-17(19)20-18/h3-8H,9-11H2,1-2H3,(H2,19,20). The van der Waals surface area contributed by atoms with Crippen molar-refractivity contribution < 1.29 is 4.79 Å². The van der Waals surface area contributed by atoms with Crippen LogP contribution < -0.4 is 5.73 Å². The molecule has 5 heteroatoms. The third kappa shape index (κ3) is 3.67. The highest BCUT2D eigenvalue weighted by Crippen LogP contribution is 2.38. The van der Waals surface area contributed by atoms with Crippen molar-refractivity contribution >= 4 is 34.0 Å². The Kier molecular flexibility index (Phi) is 4.60. The van der Waals surface area contributed by atoms with Crippen molar-refractivity contribution in [1.82, 2.24) is 0 Å². The van der Waals surface area contributed by atoms with Gasteiger partial charge in [0.25, 0.3) is 0 Å². The first kappa shape index (κ1) is 16.3. The van der Waals surface area contributed by atoms with Crippen LogP contribution in [0.5, 0.6) is 0 Å². The summed E-state index contributed by atoms with van der Waals surface area (Å²) in [4.78, 5) is 19.3. The molecule has 1 atom stereocenters. The van der Waals surface area contributed by atoms with Crippen molar-refractivity contribution in [2.45, 2.75) is 32.2 Å². The van der Waals surface area contributed by atoms with Gasteiger partial charge in [0.1, 0.15) is 0 Å². The van der Waals surface area contributed by atoms with Crippen LogP contribution in [0.4, 0.5) is 0 Å². The zero-order valence-corrected chi connectivity index (χ0v) is 15.0. The fourth-order valence-corrected chi connectivity index (χ4v) is 4.73. The second-order valence-electron chi connectivity index (χ2n) is 6.05. The molecule has 0 amide bonds. The Bertz CT molecular complexity index is 749. The van der Waals surface area contributed by atoms with Gasteiger partial charge in [-0.1, -0.05) is 41.6 Å². The van der Waals surface area contributed by atoms with E-state index in [-0.39, 0.29) is 11.3 Å². The van der Waals surface area contributed by atoms with E-state index in [0.29, 0.717) is 11.6 Å². The highest BCUT2D eigenvalue weighted by Gasteiger charge is 2.31.